The Hall–Kier alpha value is -1.78. The summed E-state index contributed by atoms with van der Waals surface area (Å²) in [5.41, 5.74) is 4.56. The van der Waals surface area contributed by atoms with Crippen molar-refractivity contribution < 1.29 is 0 Å². The molecule has 2 aromatic carbocycles. The normalized spacial score (nSPS) is 11.3. The number of nitrogens with two attached hydrogens (primary N) is 1. The van der Waals surface area contributed by atoms with E-state index in [0.717, 1.165) is 16.1 Å². The Morgan fingerprint density at radius 2 is 1.72 bits per heavy atom. The summed E-state index contributed by atoms with van der Waals surface area (Å²) in [5.74, 6) is 6.26. The van der Waals surface area contributed by atoms with E-state index in [4.69, 9.17) is 5.84 Å². The fourth-order valence-electron chi connectivity index (χ4n) is 1.64. The van der Waals surface area contributed by atoms with E-state index >= 15 is 0 Å². The summed E-state index contributed by atoms with van der Waals surface area (Å²) in [6, 6.07) is 17.8. The summed E-state index contributed by atoms with van der Waals surface area (Å²) in [6.07, 6.45) is 2.04. The standard InChI is InChI=1S/C14H15N3S/c1-18-13-10-6-5-9-12(13)14(17-15)16-11-7-3-2-4-8-11/h2-10H,15H2,1H3,(H,16,17). The smallest absolute Gasteiger partial charge is 0.149 e. The number of hydrogen-bond donors (Lipinski definition) is 2. The molecule has 3 nitrogen and oxygen atoms in total. The van der Waals surface area contributed by atoms with Gasteiger partial charge >= 0.3 is 0 Å². The van der Waals surface area contributed by atoms with Gasteiger partial charge in [-0.1, -0.05) is 36.4 Å². The number of amidine groups is 1. The molecule has 0 spiro atoms. The molecule has 0 atom stereocenters. The zero-order valence-electron chi connectivity index (χ0n) is 10.1. The molecular weight excluding hydrogens is 242 g/mol. The molecule has 0 radical (unpaired) electrons. The van der Waals surface area contributed by atoms with Crippen LogP contribution in [0.25, 0.3) is 0 Å². The Kier molecular flexibility index (Phi) is 4.39. The van der Waals surface area contributed by atoms with Gasteiger partial charge in [0.15, 0.2) is 0 Å². The summed E-state index contributed by atoms with van der Waals surface area (Å²) in [6.45, 7) is 0. The molecule has 2 rings (SSSR count). The van der Waals surface area contributed by atoms with Gasteiger partial charge in [0, 0.05) is 10.5 Å². The van der Waals surface area contributed by atoms with Crippen LogP contribution in [0, 0.1) is 0 Å². The third kappa shape index (κ3) is 2.91. The Labute approximate surface area is 111 Å². The number of para-hydroxylation sites is 1. The molecule has 0 aromatic heterocycles. The van der Waals surface area contributed by atoms with Gasteiger partial charge in [0.2, 0.25) is 0 Å². The predicted octanol–water partition coefficient (Wildman–Crippen LogP) is 2.95. The minimum absolute atomic E-state index is 0.672. The maximum Gasteiger partial charge on any atom is 0.149 e. The maximum absolute atomic E-state index is 5.59. The van der Waals surface area contributed by atoms with Crippen LogP contribution in [0.15, 0.2) is 64.5 Å². The van der Waals surface area contributed by atoms with Crippen LogP contribution >= 0.6 is 11.8 Å². The number of nitrogens with one attached hydrogen (secondary N) is 1. The lowest BCUT2D eigenvalue weighted by Crippen LogP contribution is -2.31. The molecule has 0 saturated heterocycles. The third-order valence-electron chi connectivity index (χ3n) is 2.50. The first-order valence-corrected chi connectivity index (χ1v) is 6.81. The van der Waals surface area contributed by atoms with Crippen LogP contribution in [0.3, 0.4) is 0 Å². The van der Waals surface area contributed by atoms with Crippen LogP contribution in [0.5, 0.6) is 0 Å². The zero-order valence-corrected chi connectivity index (χ0v) is 10.9. The lowest BCUT2D eigenvalue weighted by molar-refractivity contribution is 1.02. The SMILES string of the molecule is CSc1ccccc1C(=Nc1ccccc1)NN. The van der Waals surface area contributed by atoms with Crippen molar-refractivity contribution in [1.29, 1.82) is 0 Å². The molecule has 0 aliphatic rings. The summed E-state index contributed by atoms with van der Waals surface area (Å²) in [5, 5.41) is 0. The fraction of sp³-hybridized carbons (Fsp3) is 0.0714. The highest BCUT2D eigenvalue weighted by Gasteiger charge is 2.07. The van der Waals surface area contributed by atoms with E-state index in [9.17, 15) is 0 Å². The van der Waals surface area contributed by atoms with Crippen LogP contribution in [0.4, 0.5) is 5.69 Å². The van der Waals surface area contributed by atoms with Gasteiger partial charge in [-0.2, -0.15) is 0 Å². The number of nitrogens with zero attached hydrogens (tertiary/aromatic N) is 1. The van der Waals surface area contributed by atoms with Crippen molar-refractivity contribution in [2.75, 3.05) is 6.26 Å². The molecule has 0 heterocycles. The highest BCUT2D eigenvalue weighted by molar-refractivity contribution is 7.98. The zero-order chi connectivity index (χ0) is 12.8. The van der Waals surface area contributed by atoms with E-state index in [-0.39, 0.29) is 0 Å². The van der Waals surface area contributed by atoms with Crippen molar-refractivity contribution in [2.45, 2.75) is 4.90 Å². The van der Waals surface area contributed by atoms with Crippen molar-refractivity contribution in [1.82, 2.24) is 5.43 Å². The van der Waals surface area contributed by atoms with Gasteiger partial charge in [-0.15, -0.1) is 11.8 Å². The number of aliphatic imine (C=N–C) groups is 1. The second kappa shape index (κ2) is 6.23. The van der Waals surface area contributed by atoms with Gasteiger partial charge in [-0.25, -0.2) is 10.8 Å². The maximum atomic E-state index is 5.59. The second-order valence-electron chi connectivity index (χ2n) is 3.64. The molecule has 92 valence electrons. The number of hydrogen-bond acceptors (Lipinski definition) is 3. The average molecular weight is 257 g/mol. The van der Waals surface area contributed by atoms with E-state index in [2.05, 4.69) is 16.5 Å². The molecule has 0 aliphatic carbocycles. The molecule has 0 unspecified atom stereocenters. The lowest BCUT2D eigenvalue weighted by atomic mass is 10.2. The van der Waals surface area contributed by atoms with E-state index < -0.39 is 0 Å². The van der Waals surface area contributed by atoms with Crippen LogP contribution in [-0.2, 0) is 0 Å². The highest BCUT2D eigenvalue weighted by atomic mass is 32.2. The van der Waals surface area contributed by atoms with Crippen molar-refractivity contribution in [3.8, 4) is 0 Å². The van der Waals surface area contributed by atoms with Crippen molar-refractivity contribution in [3.05, 3.63) is 60.2 Å². The molecule has 3 N–H and O–H groups in total. The largest absolute Gasteiger partial charge is 0.308 e. The van der Waals surface area contributed by atoms with Crippen molar-refractivity contribution >= 4 is 23.3 Å². The first kappa shape index (κ1) is 12.7. The van der Waals surface area contributed by atoms with Crippen LogP contribution in [0.2, 0.25) is 0 Å². The summed E-state index contributed by atoms with van der Waals surface area (Å²) < 4.78 is 0. The van der Waals surface area contributed by atoms with Crippen molar-refractivity contribution in [3.63, 3.8) is 0 Å². The Balaban J connectivity index is 2.42. The molecule has 0 fully saturated rings. The number of hydrazine groups is 1. The third-order valence-corrected chi connectivity index (χ3v) is 3.29. The summed E-state index contributed by atoms with van der Waals surface area (Å²) in [4.78, 5) is 5.67. The van der Waals surface area contributed by atoms with Crippen molar-refractivity contribution in [2.24, 2.45) is 10.8 Å². The van der Waals surface area contributed by atoms with Crippen LogP contribution in [-0.4, -0.2) is 12.1 Å². The first-order valence-electron chi connectivity index (χ1n) is 5.59. The minimum Gasteiger partial charge on any atom is -0.308 e. The van der Waals surface area contributed by atoms with Gasteiger partial charge < -0.3 is 5.43 Å². The molecule has 0 aliphatic heterocycles. The summed E-state index contributed by atoms with van der Waals surface area (Å²) in [7, 11) is 0. The van der Waals surface area contributed by atoms with E-state index in [1.807, 2.05) is 54.8 Å². The van der Waals surface area contributed by atoms with Gasteiger partial charge in [-0.05, 0) is 24.5 Å². The predicted molar refractivity (Wildman–Crippen MR) is 78.2 cm³/mol. The monoisotopic (exact) mass is 257 g/mol. The lowest BCUT2D eigenvalue weighted by Gasteiger charge is -2.09. The highest BCUT2D eigenvalue weighted by Crippen LogP contribution is 2.21. The molecule has 2 aromatic rings. The topological polar surface area (TPSA) is 50.4 Å². The van der Waals surface area contributed by atoms with Crippen LogP contribution < -0.4 is 11.3 Å². The first-order chi connectivity index (χ1) is 8.85. The molecule has 0 saturated carbocycles. The quantitative estimate of drug-likeness (QED) is 0.292. The van der Waals surface area contributed by atoms with Gasteiger partial charge in [0.25, 0.3) is 0 Å². The second-order valence-corrected chi connectivity index (χ2v) is 4.49. The fourth-order valence-corrected chi connectivity index (χ4v) is 2.24. The Bertz CT molecular complexity index is 538. The summed E-state index contributed by atoms with van der Waals surface area (Å²) >= 11 is 1.67. The van der Waals surface area contributed by atoms with E-state index in [1.165, 1.54) is 0 Å². The van der Waals surface area contributed by atoms with E-state index in [0.29, 0.717) is 5.84 Å². The van der Waals surface area contributed by atoms with Gasteiger partial charge in [0.1, 0.15) is 5.84 Å². The average Bonchev–Trinajstić information content (AvgIpc) is 2.46. The minimum atomic E-state index is 0.672. The molecule has 0 bridgehead atoms. The molecule has 4 heteroatoms. The van der Waals surface area contributed by atoms with Gasteiger partial charge in [0.05, 0.1) is 5.69 Å². The number of rotatable bonds is 3. The Morgan fingerprint density at radius 1 is 1.06 bits per heavy atom. The number of thioether (sulfide) groups is 1. The number of benzene rings is 2. The van der Waals surface area contributed by atoms with E-state index in [1.54, 1.807) is 11.8 Å². The van der Waals surface area contributed by atoms with Gasteiger partial charge in [-0.3, -0.25) is 0 Å². The molecule has 18 heavy (non-hydrogen) atoms. The molecule has 0 amide bonds. The molecular formula is C14H15N3S. The Morgan fingerprint density at radius 3 is 2.39 bits per heavy atom. The van der Waals surface area contributed by atoms with Crippen LogP contribution in [0.1, 0.15) is 5.56 Å².